The summed E-state index contributed by atoms with van der Waals surface area (Å²) in [5.74, 6) is 0.277. The number of rotatable bonds is 4. The van der Waals surface area contributed by atoms with Crippen molar-refractivity contribution in [3.05, 3.63) is 78.2 Å². The molecule has 108 valence electrons. The van der Waals surface area contributed by atoms with Gasteiger partial charge in [-0.15, -0.1) is 6.58 Å². The van der Waals surface area contributed by atoms with Crippen LogP contribution >= 0.6 is 0 Å². The van der Waals surface area contributed by atoms with E-state index in [1.54, 1.807) is 19.1 Å². The van der Waals surface area contributed by atoms with E-state index in [1.165, 1.54) is 23.3 Å². The molecule has 1 aromatic carbocycles. The van der Waals surface area contributed by atoms with Gasteiger partial charge in [0.2, 0.25) is 0 Å². The highest BCUT2D eigenvalue weighted by molar-refractivity contribution is 5.56. The fraction of sp³-hybridized carbons (Fsp3) is 0.263. The molecule has 0 aliphatic carbocycles. The van der Waals surface area contributed by atoms with Gasteiger partial charge in [0, 0.05) is 0 Å². The minimum atomic E-state index is -0.216. The summed E-state index contributed by atoms with van der Waals surface area (Å²) in [6, 6.07) is 8.26. The van der Waals surface area contributed by atoms with Crippen LogP contribution in [-0.2, 0) is 0 Å². The number of allylic oxidation sites excluding steroid dienone is 6. The van der Waals surface area contributed by atoms with Gasteiger partial charge in [0.15, 0.2) is 0 Å². The highest BCUT2D eigenvalue weighted by Gasteiger charge is 2.01. The van der Waals surface area contributed by atoms with Crippen LogP contribution in [0.1, 0.15) is 44.7 Å². The molecule has 0 atom stereocenters. The third-order valence-electron chi connectivity index (χ3n) is 2.54. The standard InChI is InChI=1S/C16H19F.C3H6/c1-4-15(17)11-7-5-9-14-10-6-8-12-16(14)13(2)3;1-3-2/h4-13H,1-3H3;3H,1H2,2H3/b9-5+,11-7-,15-4+;. The quantitative estimate of drug-likeness (QED) is 0.436. The maximum atomic E-state index is 12.8. The first-order chi connectivity index (χ1) is 9.56. The molecule has 0 heterocycles. The van der Waals surface area contributed by atoms with Crippen LogP contribution in [-0.4, -0.2) is 0 Å². The van der Waals surface area contributed by atoms with Crippen LogP contribution in [0.3, 0.4) is 0 Å². The molecule has 0 saturated heterocycles. The highest BCUT2D eigenvalue weighted by atomic mass is 19.1. The molecule has 0 fully saturated rings. The van der Waals surface area contributed by atoms with Crippen LogP contribution in [0.4, 0.5) is 4.39 Å². The topological polar surface area (TPSA) is 0 Å². The van der Waals surface area contributed by atoms with Crippen LogP contribution in [0.5, 0.6) is 0 Å². The summed E-state index contributed by atoms with van der Waals surface area (Å²) in [4.78, 5) is 0. The van der Waals surface area contributed by atoms with Gasteiger partial charge in [0.25, 0.3) is 0 Å². The van der Waals surface area contributed by atoms with Gasteiger partial charge in [-0.1, -0.05) is 68.5 Å². The van der Waals surface area contributed by atoms with Crippen LogP contribution in [0.2, 0.25) is 0 Å². The van der Waals surface area contributed by atoms with Crippen molar-refractivity contribution >= 4 is 6.08 Å². The average Bonchev–Trinajstić information content (AvgIpc) is 2.44. The van der Waals surface area contributed by atoms with E-state index in [2.05, 4.69) is 32.6 Å². The van der Waals surface area contributed by atoms with Crippen molar-refractivity contribution in [2.45, 2.75) is 33.6 Å². The fourth-order valence-electron chi connectivity index (χ4n) is 1.59. The molecule has 0 radical (unpaired) electrons. The zero-order valence-corrected chi connectivity index (χ0v) is 12.9. The SMILES string of the molecule is C=CC.C\C=C(F)/C=C\C=C\c1ccccc1C(C)C. The first-order valence-corrected chi connectivity index (χ1v) is 6.89. The summed E-state index contributed by atoms with van der Waals surface area (Å²) in [5, 5.41) is 0. The molecular weight excluding hydrogens is 247 g/mol. The summed E-state index contributed by atoms with van der Waals surface area (Å²) in [6.45, 7) is 11.3. The van der Waals surface area contributed by atoms with E-state index < -0.39 is 0 Å². The predicted molar refractivity (Wildman–Crippen MR) is 89.4 cm³/mol. The van der Waals surface area contributed by atoms with E-state index in [0.29, 0.717) is 5.92 Å². The second-order valence-electron chi connectivity index (χ2n) is 4.58. The van der Waals surface area contributed by atoms with Crippen molar-refractivity contribution in [3.8, 4) is 0 Å². The maximum absolute atomic E-state index is 12.8. The van der Waals surface area contributed by atoms with E-state index in [1.807, 2.05) is 31.2 Å². The number of hydrogen-bond acceptors (Lipinski definition) is 0. The van der Waals surface area contributed by atoms with Crippen molar-refractivity contribution in [3.63, 3.8) is 0 Å². The lowest BCUT2D eigenvalue weighted by atomic mass is 9.97. The normalized spacial score (nSPS) is 11.8. The van der Waals surface area contributed by atoms with E-state index in [0.717, 1.165) is 0 Å². The molecule has 20 heavy (non-hydrogen) atoms. The highest BCUT2D eigenvalue weighted by Crippen LogP contribution is 2.20. The largest absolute Gasteiger partial charge is 0.207 e. The Kier molecular flexibility index (Phi) is 9.94. The summed E-state index contributed by atoms with van der Waals surface area (Å²) in [7, 11) is 0. The summed E-state index contributed by atoms with van der Waals surface area (Å²) in [5.41, 5.74) is 2.50. The maximum Gasteiger partial charge on any atom is 0.118 e. The zero-order chi connectivity index (χ0) is 15.4. The van der Waals surface area contributed by atoms with Crippen LogP contribution < -0.4 is 0 Å². The molecule has 0 spiro atoms. The molecule has 1 aromatic rings. The monoisotopic (exact) mass is 272 g/mol. The molecule has 0 aliphatic rings. The van der Waals surface area contributed by atoms with Gasteiger partial charge in [-0.05, 0) is 37.0 Å². The van der Waals surface area contributed by atoms with Gasteiger partial charge in [-0.3, -0.25) is 0 Å². The first kappa shape index (κ1) is 18.1. The molecule has 0 nitrogen and oxygen atoms in total. The molecule has 0 aliphatic heterocycles. The molecular formula is C19H25F. The van der Waals surface area contributed by atoms with Gasteiger partial charge >= 0.3 is 0 Å². The van der Waals surface area contributed by atoms with Crippen LogP contribution in [0.25, 0.3) is 6.08 Å². The molecule has 0 saturated carbocycles. The van der Waals surface area contributed by atoms with Crippen molar-refractivity contribution < 1.29 is 4.39 Å². The average molecular weight is 272 g/mol. The van der Waals surface area contributed by atoms with Crippen LogP contribution in [0.15, 0.2) is 67.1 Å². The lowest BCUT2D eigenvalue weighted by molar-refractivity contribution is 0.665. The Hall–Kier alpha value is -1.89. The summed E-state index contributed by atoms with van der Waals surface area (Å²) in [6.07, 6.45) is 10.2. The van der Waals surface area contributed by atoms with E-state index in [-0.39, 0.29) is 5.83 Å². The summed E-state index contributed by atoms with van der Waals surface area (Å²) < 4.78 is 12.8. The zero-order valence-electron chi connectivity index (χ0n) is 12.9. The van der Waals surface area contributed by atoms with Gasteiger partial charge < -0.3 is 0 Å². The van der Waals surface area contributed by atoms with Crippen LogP contribution in [0, 0.1) is 0 Å². The molecule has 1 rings (SSSR count). The smallest absolute Gasteiger partial charge is 0.118 e. The Morgan fingerprint density at radius 3 is 2.30 bits per heavy atom. The Balaban J connectivity index is 0.00000110. The minimum absolute atomic E-state index is 0.216. The number of benzene rings is 1. The first-order valence-electron chi connectivity index (χ1n) is 6.89. The van der Waals surface area contributed by atoms with Crippen molar-refractivity contribution in [2.75, 3.05) is 0 Å². The second-order valence-corrected chi connectivity index (χ2v) is 4.58. The Bertz CT molecular complexity index is 476. The Morgan fingerprint density at radius 1 is 1.15 bits per heavy atom. The predicted octanol–water partition coefficient (Wildman–Crippen LogP) is 6.45. The van der Waals surface area contributed by atoms with Gasteiger partial charge in [0.1, 0.15) is 5.83 Å². The lowest BCUT2D eigenvalue weighted by Crippen LogP contribution is -1.90. The van der Waals surface area contributed by atoms with Crippen molar-refractivity contribution in [2.24, 2.45) is 0 Å². The second kappa shape index (κ2) is 11.0. The molecule has 0 aromatic heterocycles. The van der Waals surface area contributed by atoms with Gasteiger partial charge in [-0.2, -0.15) is 0 Å². The van der Waals surface area contributed by atoms with Crippen molar-refractivity contribution in [1.29, 1.82) is 0 Å². The van der Waals surface area contributed by atoms with E-state index in [9.17, 15) is 4.39 Å². The molecule has 0 unspecified atom stereocenters. The Labute approximate surface area is 123 Å². The van der Waals surface area contributed by atoms with E-state index in [4.69, 9.17) is 0 Å². The lowest BCUT2D eigenvalue weighted by Gasteiger charge is -2.08. The molecule has 0 amide bonds. The van der Waals surface area contributed by atoms with Gasteiger partial charge in [-0.25, -0.2) is 4.39 Å². The third kappa shape index (κ3) is 7.52. The number of halogens is 1. The number of hydrogen-bond donors (Lipinski definition) is 0. The Morgan fingerprint density at radius 2 is 1.75 bits per heavy atom. The third-order valence-corrected chi connectivity index (χ3v) is 2.54. The van der Waals surface area contributed by atoms with E-state index >= 15 is 0 Å². The van der Waals surface area contributed by atoms with Crippen molar-refractivity contribution in [1.82, 2.24) is 0 Å². The minimum Gasteiger partial charge on any atom is -0.207 e. The van der Waals surface area contributed by atoms with Gasteiger partial charge in [0.05, 0.1) is 0 Å². The molecule has 0 bridgehead atoms. The molecule has 1 heteroatoms. The fourth-order valence-corrected chi connectivity index (χ4v) is 1.59. The molecule has 0 N–H and O–H groups in total. The summed E-state index contributed by atoms with van der Waals surface area (Å²) >= 11 is 0.